The van der Waals surface area contributed by atoms with Gasteiger partial charge in [-0.1, -0.05) is 24.3 Å². The molecule has 9 heteroatoms. The maximum Gasteiger partial charge on any atom is 0.322 e. The lowest BCUT2D eigenvalue weighted by Gasteiger charge is -2.12. The van der Waals surface area contributed by atoms with Crippen molar-refractivity contribution in [3.8, 4) is 34.1 Å². The number of nitrogens with two attached hydrogens (primary N) is 2. The smallest absolute Gasteiger partial charge is 0.322 e. The van der Waals surface area contributed by atoms with E-state index in [4.69, 9.17) is 16.2 Å². The first-order valence-electron chi connectivity index (χ1n) is 9.87. The lowest BCUT2D eigenvalue weighted by atomic mass is 9.99. The van der Waals surface area contributed by atoms with Gasteiger partial charge in [-0.25, -0.2) is 24.3 Å². The van der Waals surface area contributed by atoms with E-state index < -0.39 is 11.7 Å². The molecule has 0 spiro atoms. The van der Waals surface area contributed by atoms with Gasteiger partial charge in [0, 0.05) is 35.3 Å². The molecule has 0 aliphatic heterocycles. The quantitative estimate of drug-likeness (QED) is 0.433. The Kier molecular flexibility index (Phi) is 6.03. The lowest BCUT2D eigenvalue weighted by Crippen LogP contribution is -2.05. The van der Waals surface area contributed by atoms with Crippen molar-refractivity contribution in [2.75, 3.05) is 5.73 Å². The number of nitrogens with zero attached hydrogens (tertiary/aromatic N) is 4. The minimum Gasteiger partial charge on any atom is -0.421 e. The molecule has 0 fully saturated rings. The molecule has 8 nitrogen and oxygen atoms in total. The van der Waals surface area contributed by atoms with Crippen LogP contribution in [0.5, 0.6) is 11.8 Å². The molecule has 4 rings (SSSR count). The van der Waals surface area contributed by atoms with Crippen LogP contribution in [0.1, 0.15) is 11.3 Å². The Morgan fingerprint density at radius 1 is 1.06 bits per heavy atom. The summed E-state index contributed by atoms with van der Waals surface area (Å²) in [6.07, 6.45) is 5.92. The number of amides is 1. The molecule has 0 atom stereocenters. The van der Waals surface area contributed by atoms with Crippen LogP contribution in [0.15, 0.2) is 67.0 Å². The fourth-order valence-corrected chi connectivity index (χ4v) is 3.12. The molecule has 0 saturated heterocycles. The van der Waals surface area contributed by atoms with Crippen LogP contribution >= 0.6 is 0 Å². The highest BCUT2D eigenvalue weighted by molar-refractivity contribution is 5.90. The average Bonchev–Trinajstić information content (AvgIpc) is 2.79. The van der Waals surface area contributed by atoms with Crippen molar-refractivity contribution in [2.45, 2.75) is 6.92 Å². The van der Waals surface area contributed by atoms with E-state index in [9.17, 15) is 9.18 Å². The molecule has 0 aliphatic carbocycles. The highest BCUT2D eigenvalue weighted by Crippen LogP contribution is 2.34. The molecule has 4 aromatic rings. The zero-order chi connectivity index (χ0) is 23.4. The van der Waals surface area contributed by atoms with Crippen LogP contribution in [0.3, 0.4) is 0 Å². The molecule has 0 bridgehead atoms. The Bertz CT molecular complexity index is 1370. The summed E-state index contributed by atoms with van der Waals surface area (Å²) in [7, 11) is 0. The molecule has 0 aliphatic rings. The van der Waals surface area contributed by atoms with Gasteiger partial charge >= 0.3 is 6.01 Å². The van der Waals surface area contributed by atoms with E-state index in [1.807, 2.05) is 18.2 Å². The van der Waals surface area contributed by atoms with Crippen molar-refractivity contribution in [1.82, 2.24) is 19.9 Å². The molecule has 0 radical (unpaired) electrons. The Hall–Kier alpha value is -4.66. The van der Waals surface area contributed by atoms with Gasteiger partial charge in [-0.05, 0) is 48.4 Å². The van der Waals surface area contributed by atoms with E-state index in [0.29, 0.717) is 28.1 Å². The number of rotatable bonds is 6. The van der Waals surface area contributed by atoms with Gasteiger partial charge in [0.2, 0.25) is 11.9 Å². The van der Waals surface area contributed by atoms with Gasteiger partial charge in [-0.3, -0.25) is 4.79 Å². The Balaban J connectivity index is 1.71. The van der Waals surface area contributed by atoms with Gasteiger partial charge in [0.25, 0.3) is 0 Å². The predicted octanol–water partition coefficient (Wildman–Crippen LogP) is 3.92. The number of ether oxygens (including phenoxy) is 1. The Labute approximate surface area is 188 Å². The molecule has 1 amide bonds. The predicted molar refractivity (Wildman–Crippen MR) is 122 cm³/mol. The Morgan fingerprint density at radius 2 is 1.91 bits per heavy atom. The second kappa shape index (κ2) is 9.23. The molecule has 2 heterocycles. The molecule has 33 heavy (non-hydrogen) atoms. The first-order chi connectivity index (χ1) is 15.9. The van der Waals surface area contributed by atoms with Gasteiger partial charge < -0.3 is 16.2 Å². The van der Waals surface area contributed by atoms with E-state index in [0.717, 1.165) is 5.56 Å². The largest absolute Gasteiger partial charge is 0.421 e. The van der Waals surface area contributed by atoms with Crippen LogP contribution < -0.4 is 16.2 Å². The molecule has 4 N–H and O–H groups in total. The molecule has 0 unspecified atom stereocenters. The van der Waals surface area contributed by atoms with Crippen molar-refractivity contribution in [3.05, 3.63) is 84.1 Å². The van der Waals surface area contributed by atoms with E-state index in [-0.39, 0.29) is 17.7 Å². The fourth-order valence-electron chi connectivity index (χ4n) is 3.12. The summed E-state index contributed by atoms with van der Waals surface area (Å²) in [4.78, 5) is 27.6. The lowest BCUT2D eigenvalue weighted by molar-refractivity contribution is -0.113. The first-order valence-corrected chi connectivity index (χ1v) is 9.87. The standard InChI is InChI=1S/C24H19FN6O2/c1-14-9-10-28-24(30-14)33-20-7-6-16(12-19(20)25)18-13-29-23(27)31-22(18)17-4-2-3-15(11-17)5-8-21(26)32/h2-13H,1H3,(H2,26,32)(H2,27,29,31). The van der Waals surface area contributed by atoms with Crippen LogP contribution in [-0.2, 0) is 4.79 Å². The maximum absolute atomic E-state index is 14.9. The van der Waals surface area contributed by atoms with Gasteiger partial charge in [-0.15, -0.1) is 0 Å². The van der Waals surface area contributed by atoms with Gasteiger partial charge in [-0.2, -0.15) is 0 Å². The minimum absolute atomic E-state index is 0.0131. The summed E-state index contributed by atoms with van der Waals surface area (Å²) < 4.78 is 20.4. The zero-order valence-electron chi connectivity index (χ0n) is 17.6. The number of anilines is 1. The van der Waals surface area contributed by atoms with Gasteiger partial charge in [0.05, 0.1) is 5.69 Å². The number of aryl methyl sites for hydroxylation is 1. The number of halogens is 1. The average molecular weight is 442 g/mol. The summed E-state index contributed by atoms with van der Waals surface area (Å²) in [6.45, 7) is 1.79. The van der Waals surface area contributed by atoms with Crippen LogP contribution in [-0.4, -0.2) is 25.8 Å². The third-order valence-electron chi connectivity index (χ3n) is 4.62. The van der Waals surface area contributed by atoms with Crippen molar-refractivity contribution >= 4 is 17.9 Å². The highest BCUT2D eigenvalue weighted by atomic mass is 19.1. The summed E-state index contributed by atoms with van der Waals surface area (Å²) in [5.74, 6) is -1.09. The molecular weight excluding hydrogens is 423 g/mol. The van der Waals surface area contributed by atoms with Crippen LogP contribution in [0.25, 0.3) is 28.5 Å². The van der Waals surface area contributed by atoms with Crippen molar-refractivity contribution < 1.29 is 13.9 Å². The summed E-state index contributed by atoms with van der Waals surface area (Å²) in [6, 6.07) is 13.5. The molecule has 0 saturated carbocycles. The molecule has 2 aromatic heterocycles. The number of primary amides is 1. The highest BCUT2D eigenvalue weighted by Gasteiger charge is 2.15. The number of aromatic nitrogens is 4. The number of carbonyl (C=O) groups excluding carboxylic acids is 1. The van der Waals surface area contributed by atoms with E-state index in [1.54, 1.807) is 31.2 Å². The van der Waals surface area contributed by atoms with E-state index in [1.165, 1.54) is 30.6 Å². The first kappa shape index (κ1) is 21.6. The molecule has 2 aromatic carbocycles. The second-order valence-corrected chi connectivity index (χ2v) is 7.08. The van der Waals surface area contributed by atoms with Crippen LogP contribution in [0.4, 0.5) is 10.3 Å². The minimum atomic E-state index is -0.599. The number of benzene rings is 2. The fraction of sp³-hybridized carbons (Fsp3) is 0.0417. The van der Waals surface area contributed by atoms with Gasteiger partial charge in [0.1, 0.15) is 0 Å². The monoisotopic (exact) mass is 442 g/mol. The van der Waals surface area contributed by atoms with Crippen molar-refractivity contribution in [1.29, 1.82) is 0 Å². The zero-order valence-corrected chi connectivity index (χ0v) is 17.6. The van der Waals surface area contributed by atoms with E-state index in [2.05, 4.69) is 19.9 Å². The van der Waals surface area contributed by atoms with Crippen LogP contribution in [0.2, 0.25) is 0 Å². The van der Waals surface area contributed by atoms with Gasteiger partial charge in [0.15, 0.2) is 11.6 Å². The second-order valence-electron chi connectivity index (χ2n) is 7.08. The summed E-state index contributed by atoms with van der Waals surface area (Å²) in [5, 5.41) is 0. The number of hydrogen-bond donors (Lipinski definition) is 2. The molecule has 164 valence electrons. The summed E-state index contributed by atoms with van der Waals surface area (Å²) in [5.41, 5.74) is 14.7. The number of nitrogen functional groups attached to an aromatic ring is 1. The third-order valence-corrected chi connectivity index (χ3v) is 4.62. The SMILES string of the molecule is Cc1ccnc(Oc2ccc(-c3cnc(N)nc3-c3cccc(C=CC(N)=O)c3)cc2F)n1. The summed E-state index contributed by atoms with van der Waals surface area (Å²) >= 11 is 0. The van der Waals surface area contributed by atoms with E-state index >= 15 is 0 Å². The normalized spacial score (nSPS) is 11.0. The van der Waals surface area contributed by atoms with Crippen LogP contribution in [0, 0.1) is 12.7 Å². The number of hydrogen-bond acceptors (Lipinski definition) is 7. The topological polar surface area (TPSA) is 130 Å². The third kappa shape index (κ3) is 5.16. The maximum atomic E-state index is 14.9. The number of carbonyl (C=O) groups is 1. The Morgan fingerprint density at radius 3 is 2.67 bits per heavy atom. The van der Waals surface area contributed by atoms with Crippen molar-refractivity contribution in [3.63, 3.8) is 0 Å². The van der Waals surface area contributed by atoms with Crippen molar-refractivity contribution in [2.24, 2.45) is 5.73 Å². The molecular formula is C24H19FN6O2.